The molecule has 0 saturated carbocycles. The minimum atomic E-state index is -1.05. The van der Waals surface area contributed by atoms with Crippen LogP contribution in [0.15, 0.2) is 30.5 Å². The molecule has 24 heavy (non-hydrogen) atoms. The molecule has 7 nitrogen and oxygen atoms in total. The molecule has 3 rings (SSSR count). The van der Waals surface area contributed by atoms with Crippen molar-refractivity contribution in [3.05, 3.63) is 47.3 Å². The van der Waals surface area contributed by atoms with Crippen molar-refractivity contribution in [1.82, 2.24) is 15.2 Å². The maximum atomic E-state index is 11.3. The molecule has 0 bridgehead atoms. The molecule has 122 valence electrons. The zero-order valence-electron chi connectivity index (χ0n) is 13.1. The van der Waals surface area contributed by atoms with Crippen LogP contribution in [0.25, 0.3) is 23.1 Å². The van der Waals surface area contributed by atoms with Gasteiger partial charge in [0.2, 0.25) is 5.88 Å². The fourth-order valence-corrected chi connectivity index (χ4v) is 2.39. The van der Waals surface area contributed by atoms with Crippen molar-refractivity contribution in [1.29, 1.82) is 0 Å². The number of nitrogens with one attached hydrogen (secondary N) is 1. The lowest BCUT2D eigenvalue weighted by Gasteiger charge is -2.06. The van der Waals surface area contributed by atoms with Crippen LogP contribution in [0.1, 0.15) is 21.6 Å². The Morgan fingerprint density at radius 1 is 1.17 bits per heavy atom. The number of H-pyrrole nitrogens is 1. The van der Waals surface area contributed by atoms with Gasteiger partial charge in [0.15, 0.2) is 0 Å². The van der Waals surface area contributed by atoms with E-state index in [0.29, 0.717) is 22.5 Å². The van der Waals surface area contributed by atoms with Crippen LogP contribution >= 0.6 is 0 Å². The van der Waals surface area contributed by atoms with Crippen molar-refractivity contribution in [2.24, 2.45) is 0 Å². The summed E-state index contributed by atoms with van der Waals surface area (Å²) in [4.78, 5) is 15.5. The van der Waals surface area contributed by atoms with Gasteiger partial charge in [0.25, 0.3) is 0 Å². The molecule has 0 spiro atoms. The summed E-state index contributed by atoms with van der Waals surface area (Å²) >= 11 is 0. The van der Waals surface area contributed by atoms with E-state index in [0.717, 1.165) is 5.56 Å². The van der Waals surface area contributed by atoms with Gasteiger partial charge in [-0.15, -0.1) is 0 Å². The van der Waals surface area contributed by atoms with Gasteiger partial charge in [-0.2, -0.15) is 5.10 Å². The molecule has 2 heterocycles. The molecule has 0 amide bonds. The van der Waals surface area contributed by atoms with Gasteiger partial charge in [0, 0.05) is 12.3 Å². The highest BCUT2D eigenvalue weighted by Crippen LogP contribution is 2.32. The Bertz CT molecular complexity index is 913. The molecule has 0 radical (unpaired) electrons. The number of pyridine rings is 1. The predicted octanol–water partition coefficient (Wildman–Crippen LogP) is 2.84. The van der Waals surface area contributed by atoms with E-state index in [1.54, 1.807) is 31.5 Å². The number of nitrogens with zero attached hydrogens (tertiary/aromatic N) is 2. The Balaban J connectivity index is 2.04. The summed E-state index contributed by atoms with van der Waals surface area (Å²) in [6.45, 7) is 0. The first-order valence-corrected chi connectivity index (χ1v) is 7.10. The topological polar surface area (TPSA) is 97.3 Å². The van der Waals surface area contributed by atoms with E-state index in [1.807, 2.05) is 12.1 Å². The highest BCUT2D eigenvalue weighted by atomic mass is 16.5. The Morgan fingerprint density at radius 2 is 2.00 bits per heavy atom. The number of methoxy groups -OCH3 is 2. The van der Waals surface area contributed by atoms with Crippen molar-refractivity contribution in [2.75, 3.05) is 14.2 Å². The lowest BCUT2D eigenvalue weighted by molar-refractivity contribution is 0.0693. The zero-order chi connectivity index (χ0) is 17.1. The molecular formula is C17H15N3O4. The summed E-state index contributed by atoms with van der Waals surface area (Å²) in [6.07, 6.45) is 5.27. The minimum Gasteiger partial charge on any atom is -0.495 e. The summed E-state index contributed by atoms with van der Waals surface area (Å²) < 4.78 is 10.3. The fourth-order valence-electron chi connectivity index (χ4n) is 2.39. The van der Waals surface area contributed by atoms with Crippen LogP contribution in [0.2, 0.25) is 0 Å². The number of aromatic carboxylic acids is 1. The van der Waals surface area contributed by atoms with Crippen LogP contribution in [0.4, 0.5) is 0 Å². The van der Waals surface area contributed by atoms with Crippen molar-refractivity contribution in [3.63, 3.8) is 0 Å². The lowest BCUT2D eigenvalue weighted by atomic mass is 10.1. The number of carboxylic acids is 1. The van der Waals surface area contributed by atoms with Crippen molar-refractivity contribution in [3.8, 4) is 11.6 Å². The normalized spacial score (nSPS) is 11.1. The molecule has 2 N–H and O–H groups in total. The molecule has 0 saturated heterocycles. The average Bonchev–Trinajstić information content (AvgIpc) is 3.02. The van der Waals surface area contributed by atoms with Crippen LogP contribution in [0.5, 0.6) is 11.6 Å². The number of aromatic nitrogens is 3. The Kier molecular flexibility index (Phi) is 4.15. The molecule has 2 aromatic heterocycles. The average molecular weight is 325 g/mol. The second-order valence-electron chi connectivity index (χ2n) is 4.95. The summed E-state index contributed by atoms with van der Waals surface area (Å²) in [6, 6.07) is 6.77. The highest BCUT2D eigenvalue weighted by molar-refractivity contribution is 6.02. The van der Waals surface area contributed by atoms with E-state index in [1.165, 1.54) is 13.2 Å². The van der Waals surface area contributed by atoms with Gasteiger partial charge < -0.3 is 14.6 Å². The van der Waals surface area contributed by atoms with E-state index in [9.17, 15) is 9.90 Å². The number of carbonyl (C=O) groups is 1. The largest absolute Gasteiger partial charge is 0.495 e. The Hall–Kier alpha value is -3.35. The number of hydrogen-bond donors (Lipinski definition) is 2. The standard InChI is InChI=1S/C17H15N3O4/c1-23-14-8-4-10(9-18-14)3-6-12-15-13(20-19-12)7-5-11(17(21)22)16(15)24-2/h3-9H,1-2H3,(H,19,20)(H,21,22)/b6-3+. The van der Waals surface area contributed by atoms with E-state index in [-0.39, 0.29) is 11.3 Å². The SMILES string of the molecule is COc1ccc(/C=C/c2n[nH]c3ccc(C(=O)O)c(OC)c23)cn1. The molecule has 7 heteroatoms. The molecule has 0 atom stereocenters. The number of ether oxygens (including phenoxy) is 2. The number of rotatable bonds is 5. The van der Waals surface area contributed by atoms with Gasteiger partial charge in [0.1, 0.15) is 11.3 Å². The van der Waals surface area contributed by atoms with Crippen LogP contribution in [0.3, 0.4) is 0 Å². The van der Waals surface area contributed by atoms with Gasteiger partial charge >= 0.3 is 5.97 Å². The molecule has 0 aliphatic heterocycles. The third-order valence-corrected chi connectivity index (χ3v) is 3.55. The van der Waals surface area contributed by atoms with Crippen molar-refractivity contribution >= 4 is 29.0 Å². The molecule has 0 aliphatic carbocycles. The lowest BCUT2D eigenvalue weighted by Crippen LogP contribution is -2.00. The summed E-state index contributed by atoms with van der Waals surface area (Å²) in [7, 11) is 3.00. The van der Waals surface area contributed by atoms with Crippen LogP contribution in [0, 0.1) is 0 Å². The van der Waals surface area contributed by atoms with E-state index in [4.69, 9.17) is 9.47 Å². The van der Waals surface area contributed by atoms with Crippen LogP contribution in [-0.4, -0.2) is 40.5 Å². The molecule has 0 fully saturated rings. The number of carboxylic acid groups (broad SMARTS) is 1. The number of aromatic amines is 1. The van der Waals surface area contributed by atoms with E-state index < -0.39 is 5.97 Å². The summed E-state index contributed by atoms with van der Waals surface area (Å²) in [5, 5.41) is 17.0. The minimum absolute atomic E-state index is 0.0900. The third kappa shape index (κ3) is 2.79. The second-order valence-corrected chi connectivity index (χ2v) is 4.95. The quantitative estimate of drug-likeness (QED) is 0.748. The zero-order valence-corrected chi connectivity index (χ0v) is 13.1. The Labute approximate surface area is 137 Å². The Morgan fingerprint density at radius 3 is 2.62 bits per heavy atom. The maximum Gasteiger partial charge on any atom is 0.339 e. The van der Waals surface area contributed by atoms with Gasteiger partial charge in [-0.3, -0.25) is 5.10 Å². The summed E-state index contributed by atoms with van der Waals surface area (Å²) in [5.41, 5.74) is 2.23. The summed E-state index contributed by atoms with van der Waals surface area (Å²) in [5.74, 6) is -0.240. The smallest absolute Gasteiger partial charge is 0.339 e. The van der Waals surface area contributed by atoms with Crippen molar-refractivity contribution < 1.29 is 19.4 Å². The first kappa shape index (κ1) is 15.5. The molecule has 3 aromatic rings. The number of hydrogen-bond acceptors (Lipinski definition) is 5. The first-order chi connectivity index (χ1) is 11.6. The molecule has 0 aliphatic rings. The number of fused-ring (bicyclic) bond motifs is 1. The van der Waals surface area contributed by atoms with Gasteiger partial charge in [0.05, 0.1) is 30.8 Å². The van der Waals surface area contributed by atoms with Crippen molar-refractivity contribution in [2.45, 2.75) is 0 Å². The van der Waals surface area contributed by atoms with Gasteiger partial charge in [-0.05, 0) is 29.8 Å². The first-order valence-electron chi connectivity index (χ1n) is 7.10. The maximum absolute atomic E-state index is 11.3. The molecule has 1 aromatic carbocycles. The highest BCUT2D eigenvalue weighted by Gasteiger charge is 2.17. The number of benzene rings is 1. The van der Waals surface area contributed by atoms with E-state index in [2.05, 4.69) is 15.2 Å². The van der Waals surface area contributed by atoms with Gasteiger partial charge in [-0.25, -0.2) is 9.78 Å². The molecular weight excluding hydrogens is 310 g/mol. The van der Waals surface area contributed by atoms with E-state index >= 15 is 0 Å². The predicted molar refractivity (Wildman–Crippen MR) is 89.3 cm³/mol. The second kappa shape index (κ2) is 6.41. The van der Waals surface area contributed by atoms with Gasteiger partial charge in [-0.1, -0.05) is 6.08 Å². The molecule has 0 unspecified atom stereocenters. The monoisotopic (exact) mass is 325 g/mol. The third-order valence-electron chi connectivity index (χ3n) is 3.55. The fraction of sp³-hybridized carbons (Fsp3) is 0.118. The van der Waals surface area contributed by atoms with Crippen LogP contribution < -0.4 is 9.47 Å². The van der Waals surface area contributed by atoms with Crippen LogP contribution in [-0.2, 0) is 0 Å².